The number of carbonyl (C=O) groups excluding carboxylic acids is 1. The molecule has 1 saturated heterocycles. The average molecular weight is 401 g/mol. The quantitative estimate of drug-likeness (QED) is 0.384. The van der Waals surface area contributed by atoms with Crippen molar-refractivity contribution in [1.82, 2.24) is 25.3 Å². The first-order chi connectivity index (χ1) is 14.2. The molecule has 1 aromatic heterocycles. The predicted molar refractivity (Wildman–Crippen MR) is 112 cm³/mol. The number of benzene rings is 1. The Morgan fingerprint density at radius 1 is 1.24 bits per heavy atom. The maximum absolute atomic E-state index is 13.0. The molecule has 156 valence electrons. The fourth-order valence-corrected chi connectivity index (χ4v) is 3.28. The maximum atomic E-state index is 13.0. The van der Waals surface area contributed by atoms with E-state index in [-0.39, 0.29) is 11.7 Å². The van der Waals surface area contributed by atoms with Crippen molar-refractivity contribution >= 4 is 11.9 Å². The smallest absolute Gasteiger partial charge is 0.222 e. The van der Waals surface area contributed by atoms with Crippen molar-refractivity contribution in [3.8, 4) is 5.69 Å². The minimum Gasteiger partial charge on any atom is -0.357 e. The Balaban J connectivity index is 1.43. The zero-order chi connectivity index (χ0) is 20.5. The number of hydrogen-bond acceptors (Lipinski definition) is 3. The molecule has 0 spiro atoms. The van der Waals surface area contributed by atoms with Crippen LogP contribution in [-0.4, -0.2) is 59.3 Å². The first-order valence-electron chi connectivity index (χ1n) is 10.3. The van der Waals surface area contributed by atoms with Gasteiger partial charge in [0.2, 0.25) is 5.91 Å². The Labute approximate surface area is 171 Å². The van der Waals surface area contributed by atoms with Crippen LogP contribution in [0.4, 0.5) is 4.39 Å². The van der Waals surface area contributed by atoms with E-state index in [9.17, 15) is 9.18 Å². The van der Waals surface area contributed by atoms with Gasteiger partial charge in [0.05, 0.1) is 11.4 Å². The van der Waals surface area contributed by atoms with Gasteiger partial charge in [-0.05, 0) is 50.1 Å². The third-order valence-corrected chi connectivity index (χ3v) is 4.78. The lowest BCUT2D eigenvalue weighted by molar-refractivity contribution is -0.127. The average Bonchev–Trinajstić information content (AvgIpc) is 3.35. The van der Waals surface area contributed by atoms with Gasteiger partial charge < -0.3 is 15.5 Å². The van der Waals surface area contributed by atoms with Crippen molar-refractivity contribution < 1.29 is 9.18 Å². The molecule has 0 aliphatic carbocycles. The molecule has 0 unspecified atom stereocenters. The molecule has 8 heteroatoms. The highest BCUT2D eigenvalue weighted by Gasteiger charge is 2.18. The third kappa shape index (κ3) is 6.30. The van der Waals surface area contributed by atoms with E-state index in [0.717, 1.165) is 56.2 Å². The Morgan fingerprint density at radius 2 is 2.07 bits per heavy atom. The van der Waals surface area contributed by atoms with E-state index in [1.54, 1.807) is 16.8 Å². The van der Waals surface area contributed by atoms with Crippen LogP contribution in [0, 0.1) is 5.82 Å². The molecule has 1 fully saturated rings. The fraction of sp³-hybridized carbons (Fsp3) is 0.476. The monoisotopic (exact) mass is 400 g/mol. The number of carbonyl (C=O) groups is 1. The predicted octanol–water partition coefficient (Wildman–Crippen LogP) is 2.12. The van der Waals surface area contributed by atoms with Crippen LogP contribution in [-0.2, 0) is 11.2 Å². The van der Waals surface area contributed by atoms with Gasteiger partial charge in [-0.1, -0.05) is 0 Å². The summed E-state index contributed by atoms with van der Waals surface area (Å²) in [5.74, 6) is 0.782. The number of likely N-dealkylation sites (tertiary alicyclic amines) is 1. The summed E-state index contributed by atoms with van der Waals surface area (Å²) >= 11 is 0. The van der Waals surface area contributed by atoms with Crippen LogP contribution in [0.1, 0.15) is 31.9 Å². The summed E-state index contributed by atoms with van der Waals surface area (Å²) in [4.78, 5) is 18.1. The molecule has 0 atom stereocenters. The van der Waals surface area contributed by atoms with Crippen LogP contribution in [0.25, 0.3) is 5.69 Å². The number of amides is 1. The highest BCUT2D eigenvalue weighted by Crippen LogP contribution is 2.10. The summed E-state index contributed by atoms with van der Waals surface area (Å²) in [5.41, 5.74) is 1.78. The molecule has 2 heterocycles. The lowest BCUT2D eigenvalue weighted by atomic mass is 10.3. The molecule has 1 amide bonds. The van der Waals surface area contributed by atoms with Gasteiger partial charge in [0.15, 0.2) is 5.96 Å². The molecule has 1 aliphatic rings. The standard InChI is InChI=1S/C21H29FN6O/c1-2-23-21(24-12-4-15-27-14-3-5-20(27)29)25-13-10-18-11-16-28(26-18)19-8-6-17(22)7-9-19/h6-9,11,16H,2-5,10,12-15H2,1H3,(H2,23,24,25). The first kappa shape index (κ1) is 20.8. The Kier molecular flexibility index (Phi) is 7.61. The van der Waals surface area contributed by atoms with Crippen LogP contribution >= 0.6 is 0 Å². The maximum Gasteiger partial charge on any atom is 0.222 e. The van der Waals surface area contributed by atoms with Crippen LogP contribution in [0.2, 0.25) is 0 Å². The van der Waals surface area contributed by atoms with E-state index in [1.165, 1.54) is 12.1 Å². The summed E-state index contributed by atoms with van der Waals surface area (Å²) in [6, 6.07) is 8.22. The van der Waals surface area contributed by atoms with E-state index in [4.69, 9.17) is 0 Å². The number of hydrogen-bond donors (Lipinski definition) is 2. The number of nitrogens with one attached hydrogen (secondary N) is 2. The molecule has 1 aromatic carbocycles. The van der Waals surface area contributed by atoms with Gasteiger partial charge >= 0.3 is 0 Å². The summed E-state index contributed by atoms with van der Waals surface area (Å²) in [6.45, 7) is 5.86. The summed E-state index contributed by atoms with van der Waals surface area (Å²) < 4.78 is 14.8. The van der Waals surface area contributed by atoms with E-state index < -0.39 is 0 Å². The summed E-state index contributed by atoms with van der Waals surface area (Å²) in [5, 5.41) is 11.1. The van der Waals surface area contributed by atoms with Crippen molar-refractivity contribution in [3.05, 3.63) is 48.0 Å². The van der Waals surface area contributed by atoms with Crippen molar-refractivity contribution in [3.63, 3.8) is 0 Å². The topological polar surface area (TPSA) is 74.6 Å². The Hall–Kier alpha value is -2.90. The lowest BCUT2D eigenvalue weighted by Gasteiger charge is -2.15. The molecule has 2 aromatic rings. The molecule has 0 bridgehead atoms. The fourth-order valence-electron chi connectivity index (χ4n) is 3.28. The van der Waals surface area contributed by atoms with Crippen molar-refractivity contribution in [2.45, 2.75) is 32.6 Å². The second-order valence-electron chi connectivity index (χ2n) is 7.00. The van der Waals surface area contributed by atoms with Crippen molar-refractivity contribution in [2.24, 2.45) is 4.99 Å². The van der Waals surface area contributed by atoms with Gasteiger partial charge in [0.25, 0.3) is 0 Å². The second kappa shape index (κ2) is 10.6. The third-order valence-electron chi connectivity index (χ3n) is 4.78. The number of aliphatic imine (C=N–C) groups is 1. The zero-order valence-corrected chi connectivity index (χ0v) is 16.9. The number of aromatic nitrogens is 2. The molecular formula is C21H29FN6O. The normalized spacial score (nSPS) is 14.5. The van der Waals surface area contributed by atoms with Crippen LogP contribution < -0.4 is 10.6 Å². The summed E-state index contributed by atoms with van der Waals surface area (Å²) in [7, 11) is 0. The van der Waals surface area contributed by atoms with Gasteiger partial charge in [-0.2, -0.15) is 5.10 Å². The van der Waals surface area contributed by atoms with E-state index in [2.05, 4.69) is 20.7 Å². The highest BCUT2D eigenvalue weighted by molar-refractivity contribution is 5.79. The van der Waals surface area contributed by atoms with Gasteiger partial charge in [-0.3, -0.25) is 9.79 Å². The van der Waals surface area contributed by atoms with Crippen LogP contribution in [0.15, 0.2) is 41.5 Å². The number of halogens is 1. The minimum absolute atomic E-state index is 0.257. The largest absolute Gasteiger partial charge is 0.357 e. The SMILES string of the molecule is CCNC(=NCCCN1CCCC1=O)NCCc1ccn(-c2ccc(F)cc2)n1. The Morgan fingerprint density at radius 3 is 2.79 bits per heavy atom. The molecule has 3 rings (SSSR count). The highest BCUT2D eigenvalue weighted by atomic mass is 19.1. The minimum atomic E-state index is -0.257. The molecule has 29 heavy (non-hydrogen) atoms. The number of rotatable bonds is 9. The van der Waals surface area contributed by atoms with E-state index in [1.807, 2.05) is 24.1 Å². The van der Waals surface area contributed by atoms with Gasteiger partial charge in [0, 0.05) is 51.8 Å². The number of nitrogens with zero attached hydrogens (tertiary/aromatic N) is 4. The molecule has 1 aliphatic heterocycles. The first-order valence-corrected chi connectivity index (χ1v) is 10.3. The van der Waals surface area contributed by atoms with E-state index in [0.29, 0.717) is 19.5 Å². The molecular weight excluding hydrogens is 371 g/mol. The van der Waals surface area contributed by atoms with E-state index >= 15 is 0 Å². The molecule has 0 saturated carbocycles. The molecule has 0 radical (unpaired) electrons. The summed E-state index contributed by atoms with van der Waals surface area (Å²) in [6.07, 6.45) is 5.15. The van der Waals surface area contributed by atoms with Crippen molar-refractivity contribution in [1.29, 1.82) is 0 Å². The molecule has 7 nitrogen and oxygen atoms in total. The molecule has 2 N–H and O–H groups in total. The van der Waals surface area contributed by atoms with Gasteiger partial charge in [0.1, 0.15) is 5.82 Å². The van der Waals surface area contributed by atoms with Crippen LogP contribution in [0.5, 0.6) is 0 Å². The van der Waals surface area contributed by atoms with Gasteiger partial charge in [-0.25, -0.2) is 9.07 Å². The van der Waals surface area contributed by atoms with Gasteiger partial charge in [-0.15, -0.1) is 0 Å². The second-order valence-corrected chi connectivity index (χ2v) is 7.00. The number of guanidine groups is 1. The van der Waals surface area contributed by atoms with Crippen molar-refractivity contribution in [2.75, 3.05) is 32.7 Å². The lowest BCUT2D eigenvalue weighted by Crippen LogP contribution is -2.38. The zero-order valence-electron chi connectivity index (χ0n) is 16.9. The Bertz CT molecular complexity index is 817. The van der Waals surface area contributed by atoms with Crippen LogP contribution in [0.3, 0.4) is 0 Å².